The lowest BCUT2D eigenvalue weighted by Crippen LogP contribution is -2.68. The van der Waals surface area contributed by atoms with E-state index in [2.05, 4.69) is 76.8 Å². The van der Waals surface area contributed by atoms with Crippen LogP contribution in [0.3, 0.4) is 0 Å². The van der Waals surface area contributed by atoms with Gasteiger partial charge in [0.15, 0.2) is 0 Å². The van der Waals surface area contributed by atoms with Crippen LogP contribution < -0.4 is 5.46 Å². The topological polar surface area (TPSA) is 0 Å². The molecule has 0 atom stereocenters. The van der Waals surface area contributed by atoms with Crippen LogP contribution in [0, 0.1) is 0 Å². The second-order valence-electron chi connectivity index (χ2n) is 6.14. The van der Waals surface area contributed by atoms with E-state index in [0.29, 0.717) is 12.9 Å². The van der Waals surface area contributed by atoms with E-state index in [-0.39, 0.29) is 0 Å². The Morgan fingerprint density at radius 3 is 1.59 bits per heavy atom. The molecule has 1 rings (SSSR count). The Labute approximate surface area is 114 Å². The molecule has 0 aliphatic heterocycles. The maximum atomic E-state index is 2.42. The standard InChI is InChI=1S/C6H17B11/c7-14(8)13(6-4-2-1-3-5-6)16(11)17(12)15(9)10/h1-5H,7-12H2. The predicted molar refractivity (Wildman–Crippen MR) is 106 cm³/mol. The lowest BCUT2D eigenvalue weighted by atomic mass is 8.57. The van der Waals surface area contributed by atoms with E-state index in [1.165, 1.54) is 5.46 Å². The number of benzene rings is 1. The van der Waals surface area contributed by atoms with Gasteiger partial charge >= 0.3 is 0 Å². The van der Waals surface area contributed by atoms with Gasteiger partial charge in [0.25, 0.3) is 0 Å². The Balaban J connectivity index is 2.94. The van der Waals surface area contributed by atoms with Crippen molar-refractivity contribution < 1.29 is 0 Å². The summed E-state index contributed by atoms with van der Waals surface area (Å²) in [6.45, 7) is 0.675. The quantitative estimate of drug-likeness (QED) is 0.422. The maximum Gasteiger partial charge on any atom is 0.0828 e. The van der Waals surface area contributed by atoms with E-state index < -0.39 is 0 Å². The van der Waals surface area contributed by atoms with Gasteiger partial charge in [0.2, 0.25) is 0 Å². The van der Waals surface area contributed by atoms with Gasteiger partial charge in [0.1, 0.15) is 0 Å². The fourth-order valence-corrected chi connectivity index (χ4v) is 2.91. The van der Waals surface area contributed by atoms with Crippen molar-refractivity contribution >= 4 is 83.9 Å². The Morgan fingerprint density at radius 1 is 0.647 bits per heavy atom. The molecular weight excluding hydrogens is 191 g/mol. The second kappa shape index (κ2) is 6.76. The highest BCUT2D eigenvalue weighted by Crippen LogP contribution is 1.96. The first-order valence-electron chi connectivity index (χ1n) is 7.00. The van der Waals surface area contributed by atoms with Gasteiger partial charge in [-0.1, -0.05) is 35.8 Å². The fourth-order valence-electron chi connectivity index (χ4n) is 2.91. The van der Waals surface area contributed by atoms with Crippen molar-refractivity contribution in [1.82, 2.24) is 0 Å². The van der Waals surface area contributed by atoms with E-state index in [4.69, 9.17) is 0 Å². The summed E-state index contributed by atoms with van der Waals surface area (Å²) in [5.41, 5.74) is 1.50. The molecular formula is C6H17B11. The Bertz CT molecular complexity index is 326. The van der Waals surface area contributed by atoms with Crippen LogP contribution in [0.25, 0.3) is 0 Å². The molecule has 0 amide bonds. The van der Waals surface area contributed by atoms with Crippen molar-refractivity contribution in [2.75, 3.05) is 0 Å². The Morgan fingerprint density at radius 2 is 1.18 bits per heavy atom. The largest absolute Gasteiger partial charge is 0.0992 e. The summed E-state index contributed by atoms with van der Waals surface area (Å²) in [4.78, 5) is 0. The van der Waals surface area contributed by atoms with Gasteiger partial charge in [-0.25, -0.2) is 0 Å². The minimum Gasteiger partial charge on any atom is -0.0992 e. The van der Waals surface area contributed by atoms with Crippen LogP contribution in [-0.4, -0.2) is 78.5 Å². The lowest BCUT2D eigenvalue weighted by molar-refractivity contribution is 1.77. The van der Waals surface area contributed by atoms with Gasteiger partial charge in [-0.15, -0.1) is 0 Å². The molecule has 0 heterocycles. The van der Waals surface area contributed by atoms with E-state index in [0.717, 1.165) is 19.2 Å². The van der Waals surface area contributed by atoms with Gasteiger partial charge in [0, 0.05) is 25.5 Å². The summed E-state index contributed by atoms with van der Waals surface area (Å²) in [5.74, 6) is 0. The van der Waals surface area contributed by atoms with Crippen molar-refractivity contribution in [3.63, 3.8) is 0 Å². The molecule has 1 aromatic rings. The van der Waals surface area contributed by atoms with Gasteiger partial charge in [-0.3, -0.25) is 0 Å². The number of hydrogen-bond donors (Lipinski definition) is 0. The first-order valence-corrected chi connectivity index (χ1v) is 7.00. The number of hydrogen-bond acceptors (Lipinski definition) is 0. The monoisotopic (exact) mass is 210 g/mol. The summed E-state index contributed by atoms with van der Waals surface area (Å²) in [6.07, 6.45) is 2.96. The van der Waals surface area contributed by atoms with Crippen molar-refractivity contribution in [3.8, 4) is 0 Å². The molecule has 0 saturated carbocycles. The molecule has 74 valence electrons. The minimum atomic E-state index is 0.675. The van der Waals surface area contributed by atoms with Gasteiger partial charge < -0.3 is 0 Å². The molecule has 0 spiro atoms. The zero-order chi connectivity index (χ0) is 13.0. The summed E-state index contributed by atoms with van der Waals surface area (Å²) >= 11 is 0. The third-order valence-corrected chi connectivity index (χ3v) is 4.35. The lowest BCUT2D eigenvalue weighted by Gasteiger charge is -2.28. The Hall–Kier alpha value is -0.0657. The van der Waals surface area contributed by atoms with E-state index in [1.807, 2.05) is 0 Å². The summed E-state index contributed by atoms with van der Waals surface area (Å²) in [6, 6.07) is 11.0. The van der Waals surface area contributed by atoms with Crippen LogP contribution in [0.5, 0.6) is 0 Å². The minimum absolute atomic E-state index is 0.675. The highest BCUT2D eigenvalue weighted by molar-refractivity contribution is 7.99. The van der Waals surface area contributed by atoms with Crippen LogP contribution in [0.2, 0.25) is 0 Å². The van der Waals surface area contributed by atoms with Crippen LogP contribution >= 0.6 is 0 Å². The molecule has 11 heteroatoms. The first-order chi connectivity index (χ1) is 7.95. The van der Waals surface area contributed by atoms with E-state index in [1.54, 1.807) is 0 Å². The normalized spacial score (nSPS) is 9.41. The van der Waals surface area contributed by atoms with Gasteiger partial charge in [0.05, 0.1) is 52.9 Å². The average molecular weight is 208 g/mol. The van der Waals surface area contributed by atoms with Crippen molar-refractivity contribution in [2.24, 2.45) is 0 Å². The molecule has 0 aromatic heterocycles. The predicted octanol–water partition coefficient (Wildman–Crippen LogP) is -6.54. The smallest absolute Gasteiger partial charge is 0.0828 e. The zero-order valence-corrected chi connectivity index (χ0v) is 12.3. The molecule has 0 saturated heterocycles. The highest BCUT2D eigenvalue weighted by atomic mass is 13.8. The molecule has 0 nitrogen and oxygen atoms in total. The molecule has 0 bridgehead atoms. The third kappa shape index (κ3) is 3.96. The average Bonchev–Trinajstić information content (AvgIpc) is 2.28. The molecule has 17 heavy (non-hydrogen) atoms. The SMILES string of the molecule is BB(B)B(B)B(B)B(B(B)B)c1ccccc1. The van der Waals surface area contributed by atoms with Crippen LogP contribution in [0.15, 0.2) is 30.3 Å². The molecule has 0 aliphatic rings. The molecule has 0 aliphatic carbocycles. The molecule has 0 fully saturated rings. The summed E-state index contributed by atoms with van der Waals surface area (Å²) < 4.78 is 0. The van der Waals surface area contributed by atoms with Crippen molar-refractivity contribution in [3.05, 3.63) is 30.3 Å². The van der Waals surface area contributed by atoms with Gasteiger partial charge in [-0.05, 0) is 0 Å². The number of rotatable bonds is 5. The van der Waals surface area contributed by atoms with Crippen LogP contribution in [0.1, 0.15) is 0 Å². The van der Waals surface area contributed by atoms with E-state index >= 15 is 0 Å². The zero-order valence-electron chi connectivity index (χ0n) is 12.3. The van der Waals surface area contributed by atoms with Crippen molar-refractivity contribution in [1.29, 1.82) is 0 Å². The molecule has 1 aromatic carbocycles. The van der Waals surface area contributed by atoms with Crippen molar-refractivity contribution in [2.45, 2.75) is 0 Å². The summed E-state index contributed by atoms with van der Waals surface area (Å²) in [7, 11) is 14.2. The first kappa shape index (κ1) is 15.0. The molecule has 0 unspecified atom stereocenters. The second-order valence-corrected chi connectivity index (χ2v) is 6.14. The van der Waals surface area contributed by atoms with Crippen LogP contribution in [0.4, 0.5) is 0 Å². The molecule has 0 radical (unpaired) electrons. The maximum absolute atomic E-state index is 2.42. The Kier molecular flexibility index (Phi) is 5.96. The van der Waals surface area contributed by atoms with Crippen LogP contribution in [-0.2, 0) is 0 Å². The van der Waals surface area contributed by atoms with Gasteiger partial charge in [-0.2, -0.15) is 0 Å². The highest BCUT2D eigenvalue weighted by Gasteiger charge is 2.34. The molecule has 0 N–H and O–H groups in total. The third-order valence-electron chi connectivity index (χ3n) is 4.35. The fraction of sp³-hybridized carbons (Fsp3) is 0. The summed E-state index contributed by atoms with van der Waals surface area (Å²) in [5, 5.41) is 0. The van der Waals surface area contributed by atoms with E-state index in [9.17, 15) is 0 Å².